The van der Waals surface area contributed by atoms with Crippen LogP contribution in [0.25, 0.3) is 10.9 Å². The second-order valence-corrected chi connectivity index (χ2v) is 11.5. The Morgan fingerprint density at radius 3 is 2.52 bits per heavy atom. The maximum Gasteiger partial charge on any atom is 0.230 e. The van der Waals surface area contributed by atoms with Crippen LogP contribution in [-0.4, -0.2) is 90.3 Å². The molecule has 3 fully saturated rings. The fourth-order valence-electron chi connectivity index (χ4n) is 5.91. The Morgan fingerprint density at radius 1 is 1.07 bits per heavy atom. The summed E-state index contributed by atoms with van der Waals surface area (Å²) >= 11 is 0. The summed E-state index contributed by atoms with van der Waals surface area (Å²) in [4.78, 5) is 28.2. The molecule has 5 heterocycles. The summed E-state index contributed by atoms with van der Waals surface area (Å²) in [6.45, 7) is 7.45. The van der Waals surface area contributed by atoms with Gasteiger partial charge >= 0.3 is 0 Å². The molecule has 3 aliphatic rings. The number of nitrogens with zero attached hydrogens (tertiary/aromatic N) is 5. The van der Waals surface area contributed by atoms with Gasteiger partial charge in [0.2, 0.25) is 5.91 Å². The van der Waals surface area contributed by atoms with Gasteiger partial charge < -0.3 is 29.9 Å². The van der Waals surface area contributed by atoms with E-state index in [1.807, 2.05) is 24.0 Å². The highest BCUT2D eigenvalue weighted by molar-refractivity contribution is 5.82. The van der Waals surface area contributed by atoms with E-state index in [4.69, 9.17) is 9.72 Å². The number of hydrogen-bond acceptors (Lipinski definition) is 8. The topological polar surface area (TPSA) is 94.1 Å². The van der Waals surface area contributed by atoms with Crippen LogP contribution in [0.3, 0.4) is 0 Å². The molecular formula is C30H37FN6O3. The lowest BCUT2D eigenvalue weighted by molar-refractivity contribution is -0.150. The number of carbonyl (C=O) groups is 1. The average Bonchev–Trinajstić information content (AvgIpc) is 2.93. The van der Waals surface area contributed by atoms with Gasteiger partial charge in [0.15, 0.2) is 0 Å². The Hall–Kier alpha value is -3.34. The number of halogens is 1. The zero-order valence-electron chi connectivity index (χ0n) is 23.1. The molecule has 212 valence electrons. The number of benzene rings is 1. The first kappa shape index (κ1) is 26.9. The smallest absolute Gasteiger partial charge is 0.230 e. The van der Waals surface area contributed by atoms with Gasteiger partial charge in [-0.05, 0) is 76.2 Å². The maximum absolute atomic E-state index is 14.9. The van der Waals surface area contributed by atoms with E-state index in [-0.39, 0.29) is 23.6 Å². The molecule has 3 saturated heterocycles. The molecule has 3 aliphatic heterocycles. The summed E-state index contributed by atoms with van der Waals surface area (Å²) in [6, 6.07) is 10.6. The highest BCUT2D eigenvalue weighted by Crippen LogP contribution is 2.36. The molecule has 3 aromatic rings. The molecule has 2 aromatic heterocycles. The molecule has 9 nitrogen and oxygen atoms in total. The first-order chi connectivity index (χ1) is 19.3. The van der Waals surface area contributed by atoms with Crippen molar-refractivity contribution in [2.75, 3.05) is 69.7 Å². The third kappa shape index (κ3) is 5.35. The summed E-state index contributed by atoms with van der Waals surface area (Å²) in [5.41, 5.74) is 1.51. The van der Waals surface area contributed by atoms with E-state index in [1.54, 1.807) is 24.4 Å². The number of nitrogens with one attached hydrogen (secondary N) is 1. The van der Waals surface area contributed by atoms with Crippen LogP contribution in [0.1, 0.15) is 25.5 Å². The quantitative estimate of drug-likeness (QED) is 0.485. The van der Waals surface area contributed by atoms with Crippen molar-refractivity contribution in [2.45, 2.75) is 25.4 Å². The van der Waals surface area contributed by atoms with Gasteiger partial charge in [0.05, 0.1) is 36.0 Å². The second-order valence-electron chi connectivity index (χ2n) is 11.5. The van der Waals surface area contributed by atoms with Gasteiger partial charge in [0.25, 0.3) is 0 Å². The highest BCUT2D eigenvalue weighted by atomic mass is 19.1. The van der Waals surface area contributed by atoms with Crippen LogP contribution in [-0.2, 0) is 15.1 Å². The Morgan fingerprint density at radius 2 is 1.82 bits per heavy atom. The minimum absolute atomic E-state index is 0.00593. The number of likely N-dealkylation sites (tertiary alicyclic amines) is 1. The third-order valence-electron chi connectivity index (χ3n) is 8.76. The fraction of sp³-hybridized carbons (Fsp3) is 0.500. The number of piperidine rings is 1. The van der Waals surface area contributed by atoms with Crippen molar-refractivity contribution >= 4 is 34.0 Å². The first-order valence-electron chi connectivity index (χ1n) is 14.1. The van der Waals surface area contributed by atoms with Gasteiger partial charge in [-0.15, -0.1) is 0 Å². The SMILES string of the molecule is CN1CCC([C@@](C)(O)c2ccc3cnc(Nc4cc(N5CCN(C(=O)C6COC6)CC5)ccc4F)cc3n2)CC1. The standard InChI is InChI=1S/C30H37FN6O3/c1-30(39,22-7-9-35(2)10-8-22)27-6-3-20-17-32-28(16-25(20)33-27)34-26-15-23(4-5-24(26)31)36-11-13-37(14-12-36)29(38)21-18-40-19-21/h3-6,15-17,21-22,39H,7-14,18-19H2,1-2H3,(H,32,34)/t30-/m1/s1. The number of aromatic nitrogens is 2. The molecule has 10 heteroatoms. The van der Waals surface area contributed by atoms with Crippen LogP contribution in [0.2, 0.25) is 0 Å². The third-order valence-corrected chi connectivity index (χ3v) is 8.76. The number of amides is 1. The number of ether oxygens (including phenoxy) is 1. The lowest BCUT2D eigenvalue weighted by Gasteiger charge is -2.39. The van der Waals surface area contributed by atoms with E-state index in [9.17, 15) is 14.3 Å². The summed E-state index contributed by atoms with van der Waals surface area (Å²) < 4.78 is 20.0. The largest absolute Gasteiger partial charge is 0.384 e. The summed E-state index contributed by atoms with van der Waals surface area (Å²) in [5.74, 6) is 0.395. The molecule has 6 rings (SSSR count). The molecule has 1 aromatic carbocycles. The predicted octanol–water partition coefficient (Wildman–Crippen LogP) is 3.36. The Kier molecular flexibility index (Phi) is 7.33. The molecule has 0 unspecified atom stereocenters. The van der Waals surface area contributed by atoms with Gasteiger partial charge in [-0.2, -0.15) is 0 Å². The number of pyridine rings is 2. The summed E-state index contributed by atoms with van der Waals surface area (Å²) in [6.07, 6.45) is 3.55. The Labute approximate surface area is 233 Å². The zero-order chi connectivity index (χ0) is 27.9. The first-order valence-corrected chi connectivity index (χ1v) is 14.1. The minimum Gasteiger partial charge on any atom is -0.384 e. The van der Waals surface area contributed by atoms with E-state index in [1.165, 1.54) is 6.07 Å². The predicted molar refractivity (Wildman–Crippen MR) is 152 cm³/mol. The van der Waals surface area contributed by atoms with E-state index < -0.39 is 5.60 Å². The van der Waals surface area contributed by atoms with Crippen molar-refractivity contribution in [1.82, 2.24) is 19.8 Å². The van der Waals surface area contributed by atoms with Crippen molar-refractivity contribution < 1.29 is 19.0 Å². The van der Waals surface area contributed by atoms with E-state index >= 15 is 0 Å². The van der Waals surface area contributed by atoms with Crippen molar-refractivity contribution in [2.24, 2.45) is 11.8 Å². The number of rotatable bonds is 6. The van der Waals surface area contributed by atoms with Gasteiger partial charge in [-0.25, -0.2) is 14.4 Å². The number of carbonyl (C=O) groups excluding carboxylic acids is 1. The lowest BCUT2D eigenvalue weighted by atomic mass is 9.79. The Balaban J connectivity index is 1.17. The molecule has 0 bridgehead atoms. The summed E-state index contributed by atoms with van der Waals surface area (Å²) in [7, 11) is 2.11. The van der Waals surface area contributed by atoms with Crippen molar-refractivity contribution in [1.29, 1.82) is 0 Å². The molecule has 0 saturated carbocycles. The van der Waals surface area contributed by atoms with Gasteiger partial charge in [0, 0.05) is 49.5 Å². The minimum atomic E-state index is -1.03. The Bertz CT molecular complexity index is 1380. The average molecular weight is 549 g/mol. The molecule has 2 N–H and O–H groups in total. The normalized spacial score (nSPS) is 20.8. The molecular weight excluding hydrogens is 511 g/mol. The molecule has 0 radical (unpaired) electrons. The monoisotopic (exact) mass is 548 g/mol. The highest BCUT2D eigenvalue weighted by Gasteiger charge is 2.37. The van der Waals surface area contributed by atoms with E-state index in [0.29, 0.717) is 62.1 Å². The molecule has 1 atom stereocenters. The number of hydrogen-bond donors (Lipinski definition) is 2. The van der Waals surface area contributed by atoms with Crippen LogP contribution in [0, 0.1) is 17.7 Å². The van der Waals surface area contributed by atoms with Crippen LogP contribution in [0.5, 0.6) is 0 Å². The maximum atomic E-state index is 14.9. The van der Waals surface area contributed by atoms with E-state index in [2.05, 4.69) is 27.1 Å². The van der Waals surface area contributed by atoms with Crippen molar-refractivity contribution in [3.05, 3.63) is 54.1 Å². The fourth-order valence-corrected chi connectivity index (χ4v) is 5.91. The van der Waals surface area contributed by atoms with Crippen molar-refractivity contribution in [3.8, 4) is 0 Å². The van der Waals surface area contributed by atoms with Gasteiger partial charge in [-0.1, -0.05) is 0 Å². The second kappa shape index (κ2) is 10.9. The molecule has 0 spiro atoms. The zero-order valence-corrected chi connectivity index (χ0v) is 23.1. The van der Waals surface area contributed by atoms with Gasteiger partial charge in [-0.3, -0.25) is 4.79 Å². The number of anilines is 3. The van der Waals surface area contributed by atoms with Gasteiger partial charge in [0.1, 0.15) is 17.2 Å². The van der Waals surface area contributed by atoms with Crippen LogP contribution in [0.4, 0.5) is 21.6 Å². The molecule has 0 aliphatic carbocycles. The van der Waals surface area contributed by atoms with Crippen LogP contribution in [0.15, 0.2) is 42.6 Å². The lowest BCUT2D eigenvalue weighted by Crippen LogP contribution is -2.53. The van der Waals surface area contributed by atoms with Crippen molar-refractivity contribution in [3.63, 3.8) is 0 Å². The molecule has 1 amide bonds. The number of piperazine rings is 1. The molecule has 40 heavy (non-hydrogen) atoms. The number of aliphatic hydroxyl groups is 1. The van der Waals surface area contributed by atoms with E-state index in [0.717, 1.165) is 37.0 Å². The van der Waals surface area contributed by atoms with Crippen LogP contribution >= 0.6 is 0 Å². The summed E-state index contributed by atoms with van der Waals surface area (Å²) in [5, 5.41) is 15.4. The van der Waals surface area contributed by atoms with Crippen LogP contribution < -0.4 is 10.2 Å². The number of fused-ring (bicyclic) bond motifs is 1.